The molecular weight excluding hydrogens is 362 g/mol. The van der Waals surface area contributed by atoms with E-state index in [0.717, 1.165) is 35.2 Å². The fourth-order valence-electron chi connectivity index (χ4n) is 3.82. The summed E-state index contributed by atoms with van der Waals surface area (Å²) >= 11 is 0. The zero-order valence-corrected chi connectivity index (χ0v) is 17.8. The Kier molecular flexibility index (Phi) is 6.26. The van der Waals surface area contributed by atoms with E-state index in [-0.39, 0.29) is 11.9 Å². The summed E-state index contributed by atoms with van der Waals surface area (Å²) in [6, 6.07) is 13.8. The average molecular weight is 394 g/mol. The molecule has 5 nitrogen and oxygen atoms in total. The number of nitrogens with zero attached hydrogens (tertiary/aromatic N) is 1. The van der Waals surface area contributed by atoms with Crippen molar-refractivity contribution in [1.82, 2.24) is 10.2 Å². The van der Waals surface area contributed by atoms with E-state index in [1.807, 2.05) is 70.2 Å². The second kappa shape index (κ2) is 8.68. The molecule has 0 bridgehead atoms. The number of carbonyl (C=O) groups is 2. The summed E-state index contributed by atoms with van der Waals surface area (Å²) in [5.41, 5.74) is 4.82. The van der Waals surface area contributed by atoms with Crippen molar-refractivity contribution in [2.24, 2.45) is 5.41 Å². The molecule has 0 aromatic heterocycles. The second-order valence-corrected chi connectivity index (χ2v) is 8.42. The molecule has 0 aliphatic carbocycles. The summed E-state index contributed by atoms with van der Waals surface area (Å²) in [6.07, 6.45) is 1.59. The number of rotatable bonds is 4. The number of likely N-dealkylation sites (tertiary alicyclic amines) is 1. The van der Waals surface area contributed by atoms with E-state index in [1.54, 1.807) is 4.90 Å². The highest BCUT2D eigenvalue weighted by atomic mass is 16.2. The van der Waals surface area contributed by atoms with Crippen molar-refractivity contribution in [2.45, 2.75) is 47.1 Å². The summed E-state index contributed by atoms with van der Waals surface area (Å²) in [7, 11) is 0. The first-order valence-electron chi connectivity index (χ1n) is 10.2. The molecule has 1 fully saturated rings. The van der Waals surface area contributed by atoms with Gasteiger partial charge in [-0.25, -0.2) is 4.79 Å². The van der Waals surface area contributed by atoms with Gasteiger partial charge in [-0.05, 0) is 74.9 Å². The number of anilines is 1. The van der Waals surface area contributed by atoms with Gasteiger partial charge in [0.2, 0.25) is 5.91 Å². The summed E-state index contributed by atoms with van der Waals surface area (Å²) in [6.45, 7) is 9.67. The van der Waals surface area contributed by atoms with Crippen LogP contribution in [0.2, 0.25) is 0 Å². The molecule has 3 rings (SSSR count). The lowest BCUT2D eigenvalue weighted by atomic mass is 9.81. The largest absolute Gasteiger partial charge is 0.351 e. The van der Waals surface area contributed by atoms with Crippen molar-refractivity contribution in [3.8, 4) is 0 Å². The van der Waals surface area contributed by atoms with Gasteiger partial charge in [-0.1, -0.05) is 30.3 Å². The third-order valence-corrected chi connectivity index (χ3v) is 5.99. The molecule has 1 heterocycles. The number of hydrogen-bond acceptors (Lipinski definition) is 2. The van der Waals surface area contributed by atoms with Gasteiger partial charge in [0.15, 0.2) is 0 Å². The molecular formula is C24H31N3O2. The van der Waals surface area contributed by atoms with Gasteiger partial charge in [0.1, 0.15) is 0 Å². The van der Waals surface area contributed by atoms with Crippen LogP contribution < -0.4 is 10.6 Å². The Morgan fingerprint density at radius 2 is 1.79 bits per heavy atom. The minimum Gasteiger partial charge on any atom is -0.351 e. The number of carbonyl (C=O) groups excluding carboxylic acids is 2. The van der Waals surface area contributed by atoms with Gasteiger partial charge in [-0.3, -0.25) is 4.79 Å². The first-order valence-corrected chi connectivity index (χ1v) is 10.2. The normalized spacial score (nSPS) is 19.0. The molecule has 2 N–H and O–H groups in total. The van der Waals surface area contributed by atoms with Gasteiger partial charge in [-0.2, -0.15) is 0 Å². The number of urea groups is 1. The van der Waals surface area contributed by atoms with Gasteiger partial charge >= 0.3 is 6.03 Å². The lowest BCUT2D eigenvalue weighted by Gasteiger charge is -2.39. The van der Waals surface area contributed by atoms with Gasteiger partial charge in [-0.15, -0.1) is 0 Å². The number of amides is 3. The van der Waals surface area contributed by atoms with E-state index in [1.165, 1.54) is 5.56 Å². The van der Waals surface area contributed by atoms with Crippen LogP contribution >= 0.6 is 0 Å². The fraction of sp³-hybridized carbons (Fsp3) is 0.417. The Labute approximate surface area is 173 Å². The summed E-state index contributed by atoms with van der Waals surface area (Å²) in [5.74, 6) is 0.00411. The molecule has 5 heteroatoms. The standard InChI is InChI=1S/C24H31N3O2/c1-17-10-11-21(14-19(17)3)26-23(29)27-13-7-12-24(4,16-27)22(28)25-15-20-9-6-5-8-18(20)2/h5-6,8-11,14H,7,12-13,15-16H2,1-4H3,(H,25,28)(H,26,29)/t24-/m0/s1. The predicted octanol–water partition coefficient (Wildman–Crippen LogP) is 4.56. The number of benzene rings is 2. The molecule has 0 unspecified atom stereocenters. The van der Waals surface area contributed by atoms with Gasteiger partial charge in [0.05, 0.1) is 5.41 Å². The molecule has 29 heavy (non-hydrogen) atoms. The predicted molar refractivity (Wildman–Crippen MR) is 117 cm³/mol. The van der Waals surface area contributed by atoms with Crippen LogP contribution in [0.1, 0.15) is 42.0 Å². The van der Waals surface area contributed by atoms with Crippen LogP contribution in [0.25, 0.3) is 0 Å². The van der Waals surface area contributed by atoms with Crippen molar-refractivity contribution in [1.29, 1.82) is 0 Å². The lowest BCUT2D eigenvalue weighted by Crippen LogP contribution is -2.52. The van der Waals surface area contributed by atoms with E-state index in [4.69, 9.17) is 0 Å². The van der Waals surface area contributed by atoms with Gasteiger partial charge < -0.3 is 15.5 Å². The molecule has 1 aliphatic rings. The highest BCUT2D eigenvalue weighted by molar-refractivity contribution is 5.90. The molecule has 1 aliphatic heterocycles. The average Bonchev–Trinajstić information content (AvgIpc) is 2.70. The van der Waals surface area contributed by atoms with Gasteiger partial charge in [0.25, 0.3) is 0 Å². The molecule has 2 aromatic rings. The molecule has 0 radical (unpaired) electrons. The number of nitrogens with one attached hydrogen (secondary N) is 2. The minimum absolute atomic E-state index is 0.00411. The number of aryl methyl sites for hydroxylation is 3. The van der Waals surface area contributed by atoms with Gasteiger partial charge in [0, 0.05) is 25.3 Å². The minimum atomic E-state index is -0.582. The maximum Gasteiger partial charge on any atom is 0.321 e. The van der Waals surface area contributed by atoms with Crippen molar-refractivity contribution in [3.63, 3.8) is 0 Å². The van der Waals surface area contributed by atoms with E-state index < -0.39 is 5.41 Å². The number of piperidine rings is 1. The molecule has 0 spiro atoms. The lowest BCUT2D eigenvalue weighted by molar-refractivity contribution is -0.132. The summed E-state index contributed by atoms with van der Waals surface area (Å²) in [5, 5.41) is 6.05. The van der Waals surface area contributed by atoms with Crippen LogP contribution in [0, 0.1) is 26.2 Å². The van der Waals surface area contributed by atoms with Crippen LogP contribution in [0.15, 0.2) is 42.5 Å². The molecule has 154 valence electrons. The molecule has 2 aromatic carbocycles. The quantitative estimate of drug-likeness (QED) is 0.800. The SMILES string of the molecule is Cc1ccc(NC(=O)N2CCC[C@](C)(C(=O)NCc3ccccc3C)C2)cc1C. The van der Waals surface area contributed by atoms with E-state index in [9.17, 15) is 9.59 Å². The first-order chi connectivity index (χ1) is 13.8. The van der Waals surface area contributed by atoms with Crippen molar-refractivity contribution < 1.29 is 9.59 Å². The Balaban J connectivity index is 1.61. The van der Waals surface area contributed by atoms with Crippen LogP contribution in [0.5, 0.6) is 0 Å². The summed E-state index contributed by atoms with van der Waals surface area (Å²) < 4.78 is 0. The Bertz CT molecular complexity index is 909. The van der Waals surface area contributed by atoms with Crippen LogP contribution in [0.3, 0.4) is 0 Å². The Morgan fingerprint density at radius 3 is 2.52 bits per heavy atom. The molecule has 1 atom stereocenters. The Hall–Kier alpha value is -2.82. The highest BCUT2D eigenvalue weighted by Crippen LogP contribution is 2.30. The molecule has 1 saturated heterocycles. The third-order valence-electron chi connectivity index (χ3n) is 5.99. The van der Waals surface area contributed by atoms with Crippen LogP contribution in [-0.2, 0) is 11.3 Å². The van der Waals surface area contributed by atoms with Crippen LogP contribution in [-0.4, -0.2) is 29.9 Å². The second-order valence-electron chi connectivity index (χ2n) is 8.42. The van der Waals surface area contributed by atoms with E-state index in [2.05, 4.69) is 10.6 Å². The monoisotopic (exact) mass is 393 g/mol. The smallest absolute Gasteiger partial charge is 0.321 e. The maximum atomic E-state index is 12.9. The van der Waals surface area contributed by atoms with Crippen molar-refractivity contribution >= 4 is 17.6 Å². The zero-order valence-electron chi connectivity index (χ0n) is 17.8. The fourth-order valence-corrected chi connectivity index (χ4v) is 3.82. The van der Waals surface area contributed by atoms with E-state index in [0.29, 0.717) is 19.6 Å². The zero-order chi connectivity index (χ0) is 21.0. The first kappa shape index (κ1) is 20.9. The van der Waals surface area contributed by atoms with Crippen molar-refractivity contribution in [3.05, 3.63) is 64.7 Å². The number of hydrogen-bond donors (Lipinski definition) is 2. The van der Waals surface area contributed by atoms with Crippen molar-refractivity contribution in [2.75, 3.05) is 18.4 Å². The Morgan fingerprint density at radius 1 is 1.03 bits per heavy atom. The molecule has 3 amide bonds. The molecule has 0 saturated carbocycles. The highest BCUT2D eigenvalue weighted by Gasteiger charge is 2.39. The third kappa shape index (κ3) is 4.97. The topological polar surface area (TPSA) is 61.4 Å². The maximum absolute atomic E-state index is 12.9. The van der Waals surface area contributed by atoms with E-state index >= 15 is 0 Å². The van der Waals surface area contributed by atoms with Crippen LogP contribution in [0.4, 0.5) is 10.5 Å². The summed E-state index contributed by atoms with van der Waals surface area (Å²) in [4.78, 5) is 27.5.